The molecular weight excluding hydrogens is 204 g/mol. The van der Waals surface area contributed by atoms with Crippen LogP contribution >= 0.6 is 0 Å². The van der Waals surface area contributed by atoms with Gasteiger partial charge in [0, 0.05) is 6.42 Å². The molecule has 3 nitrogen and oxygen atoms in total. The molecule has 86 valence electrons. The fraction of sp³-hybridized carbons (Fsp3) is 0.385. The second-order valence-electron chi connectivity index (χ2n) is 3.55. The standard InChI is InChI=1S/C13H16O3/c1-2-12(9-6-10-14)16-13(15)11-7-4-3-5-8-11/h3-5,7-8,10,12H,2,6,9H2,1H3. The Morgan fingerprint density at radius 2 is 2.06 bits per heavy atom. The normalized spacial score (nSPS) is 11.8. The molecule has 0 spiro atoms. The highest BCUT2D eigenvalue weighted by Gasteiger charge is 2.13. The molecule has 0 aliphatic heterocycles. The number of hydrogen-bond donors (Lipinski definition) is 0. The highest BCUT2D eigenvalue weighted by atomic mass is 16.5. The zero-order valence-corrected chi connectivity index (χ0v) is 9.39. The van der Waals surface area contributed by atoms with Gasteiger partial charge >= 0.3 is 5.97 Å². The molecule has 1 aromatic rings. The van der Waals surface area contributed by atoms with Crippen LogP contribution in [0.2, 0.25) is 0 Å². The molecule has 1 unspecified atom stereocenters. The minimum Gasteiger partial charge on any atom is -0.459 e. The molecule has 0 saturated carbocycles. The van der Waals surface area contributed by atoms with E-state index in [0.29, 0.717) is 18.4 Å². The van der Waals surface area contributed by atoms with E-state index in [4.69, 9.17) is 4.74 Å². The predicted molar refractivity (Wildman–Crippen MR) is 61.2 cm³/mol. The zero-order chi connectivity index (χ0) is 11.8. The number of carbonyl (C=O) groups is 2. The van der Waals surface area contributed by atoms with Crippen molar-refractivity contribution in [2.45, 2.75) is 32.3 Å². The number of hydrogen-bond acceptors (Lipinski definition) is 3. The van der Waals surface area contributed by atoms with E-state index < -0.39 is 0 Å². The summed E-state index contributed by atoms with van der Waals surface area (Å²) in [5, 5.41) is 0. The summed E-state index contributed by atoms with van der Waals surface area (Å²) in [7, 11) is 0. The summed E-state index contributed by atoms with van der Waals surface area (Å²) in [4.78, 5) is 21.9. The van der Waals surface area contributed by atoms with Crippen LogP contribution in [0.15, 0.2) is 30.3 Å². The average molecular weight is 220 g/mol. The van der Waals surface area contributed by atoms with Crippen LogP contribution in [0.25, 0.3) is 0 Å². The van der Waals surface area contributed by atoms with Crippen molar-refractivity contribution in [3.8, 4) is 0 Å². The van der Waals surface area contributed by atoms with Crippen molar-refractivity contribution in [2.75, 3.05) is 0 Å². The van der Waals surface area contributed by atoms with Crippen molar-refractivity contribution < 1.29 is 14.3 Å². The molecule has 0 radical (unpaired) electrons. The molecule has 0 N–H and O–H groups in total. The van der Waals surface area contributed by atoms with Crippen LogP contribution in [0, 0.1) is 0 Å². The molecule has 0 aliphatic rings. The Morgan fingerprint density at radius 1 is 1.38 bits per heavy atom. The summed E-state index contributed by atoms with van der Waals surface area (Å²) in [6.45, 7) is 1.94. The third-order valence-corrected chi connectivity index (χ3v) is 2.35. The monoisotopic (exact) mass is 220 g/mol. The topological polar surface area (TPSA) is 43.4 Å². The van der Waals surface area contributed by atoms with E-state index in [1.54, 1.807) is 24.3 Å². The molecule has 1 aromatic carbocycles. The third kappa shape index (κ3) is 3.85. The van der Waals surface area contributed by atoms with Crippen molar-refractivity contribution in [1.29, 1.82) is 0 Å². The lowest BCUT2D eigenvalue weighted by molar-refractivity contribution is -0.108. The van der Waals surface area contributed by atoms with E-state index in [1.165, 1.54) is 0 Å². The highest BCUT2D eigenvalue weighted by molar-refractivity contribution is 5.89. The number of rotatable bonds is 6. The second-order valence-corrected chi connectivity index (χ2v) is 3.55. The molecule has 0 amide bonds. The fourth-order valence-corrected chi connectivity index (χ4v) is 1.39. The van der Waals surface area contributed by atoms with Crippen LogP contribution in [0.4, 0.5) is 0 Å². The van der Waals surface area contributed by atoms with Crippen LogP contribution < -0.4 is 0 Å². The lowest BCUT2D eigenvalue weighted by Crippen LogP contribution is -2.17. The maximum atomic E-state index is 11.7. The molecule has 0 aliphatic carbocycles. The van der Waals surface area contributed by atoms with E-state index in [9.17, 15) is 9.59 Å². The first-order valence-electron chi connectivity index (χ1n) is 5.47. The summed E-state index contributed by atoms with van der Waals surface area (Å²) < 4.78 is 5.29. The van der Waals surface area contributed by atoms with E-state index in [2.05, 4.69) is 0 Å². The first-order valence-corrected chi connectivity index (χ1v) is 5.47. The van der Waals surface area contributed by atoms with Crippen molar-refractivity contribution in [2.24, 2.45) is 0 Å². The molecule has 0 aromatic heterocycles. The smallest absolute Gasteiger partial charge is 0.338 e. The lowest BCUT2D eigenvalue weighted by Gasteiger charge is -2.14. The number of aldehydes is 1. The number of ether oxygens (including phenoxy) is 1. The Hall–Kier alpha value is -1.64. The second kappa shape index (κ2) is 6.77. The molecule has 16 heavy (non-hydrogen) atoms. The van der Waals surface area contributed by atoms with Gasteiger partial charge < -0.3 is 9.53 Å². The van der Waals surface area contributed by atoms with Gasteiger partial charge in [-0.2, -0.15) is 0 Å². The Bertz CT molecular complexity index is 332. The first kappa shape index (κ1) is 12.4. The molecule has 1 rings (SSSR count). The predicted octanol–water partition coefficient (Wildman–Crippen LogP) is 2.60. The maximum Gasteiger partial charge on any atom is 0.338 e. The largest absolute Gasteiger partial charge is 0.459 e. The maximum absolute atomic E-state index is 11.7. The highest BCUT2D eigenvalue weighted by Crippen LogP contribution is 2.10. The number of carbonyl (C=O) groups excluding carboxylic acids is 2. The summed E-state index contributed by atoms with van der Waals surface area (Å²) in [6.07, 6.45) is 2.43. The van der Waals surface area contributed by atoms with Gasteiger partial charge in [0.2, 0.25) is 0 Å². The minimum absolute atomic E-state index is 0.169. The van der Waals surface area contributed by atoms with Crippen molar-refractivity contribution in [3.63, 3.8) is 0 Å². The van der Waals surface area contributed by atoms with E-state index in [-0.39, 0.29) is 12.1 Å². The molecule has 0 bridgehead atoms. The van der Waals surface area contributed by atoms with Gasteiger partial charge in [0.25, 0.3) is 0 Å². The molecule has 0 heterocycles. The number of esters is 1. The zero-order valence-electron chi connectivity index (χ0n) is 9.39. The van der Waals surface area contributed by atoms with Gasteiger partial charge in [-0.25, -0.2) is 4.79 Å². The number of benzene rings is 1. The van der Waals surface area contributed by atoms with Crippen molar-refractivity contribution >= 4 is 12.3 Å². The fourth-order valence-electron chi connectivity index (χ4n) is 1.39. The summed E-state index contributed by atoms with van der Waals surface area (Å²) in [5.74, 6) is -0.321. The molecule has 1 atom stereocenters. The summed E-state index contributed by atoms with van der Waals surface area (Å²) in [6, 6.07) is 8.87. The van der Waals surface area contributed by atoms with Gasteiger partial charge in [-0.05, 0) is 25.0 Å². The summed E-state index contributed by atoms with van der Waals surface area (Å²) in [5.41, 5.74) is 0.548. The summed E-state index contributed by atoms with van der Waals surface area (Å²) >= 11 is 0. The van der Waals surface area contributed by atoms with E-state index in [0.717, 1.165) is 12.7 Å². The molecule has 0 fully saturated rings. The third-order valence-electron chi connectivity index (χ3n) is 2.35. The van der Waals surface area contributed by atoms with Crippen LogP contribution in [-0.4, -0.2) is 18.4 Å². The first-order chi connectivity index (χ1) is 7.77. The average Bonchev–Trinajstić information content (AvgIpc) is 2.35. The minimum atomic E-state index is -0.321. The van der Waals surface area contributed by atoms with Crippen LogP contribution in [0.5, 0.6) is 0 Å². The van der Waals surface area contributed by atoms with E-state index in [1.807, 2.05) is 13.0 Å². The SMILES string of the molecule is CCC(CCC=O)OC(=O)c1ccccc1. The van der Waals surface area contributed by atoms with Gasteiger partial charge in [-0.1, -0.05) is 25.1 Å². The van der Waals surface area contributed by atoms with Gasteiger partial charge in [0.15, 0.2) is 0 Å². The Morgan fingerprint density at radius 3 is 2.62 bits per heavy atom. The quantitative estimate of drug-likeness (QED) is 0.546. The lowest BCUT2D eigenvalue weighted by atomic mass is 10.1. The van der Waals surface area contributed by atoms with Gasteiger partial charge in [-0.3, -0.25) is 0 Å². The Balaban J connectivity index is 2.52. The van der Waals surface area contributed by atoms with Crippen LogP contribution in [-0.2, 0) is 9.53 Å². The van der Waals surface area contributed by atoms with Crippen LogP contribution in [0.3, 0.4) is 0 Å². The van der Waals surface area contributed by atoms with Gasteiger partial charge in [-0.15, -0.1) is 0 Å². The van der Waals surface area contributed by atoms with Crippen molar-refractivity contribution in [3.05, 3.63) is 35.9 Å². The van der Waals surface area contributed by atoms with Gasteiger partial charge in [0.1, 0.15) is 12.4 Å². The van der Waals surface area contributed by atoms with Crippen LogP contribution in [0.1, 0.15) is 36.5 Å². The Labute approximate surface area is 95.4 Å². The van der Waals surface area contributed by atoms with Gasteiger partial charge in [0.05, 0.1) is 5.56 Å². The van der Waals surface area contributed by atoms with Crippen molar-refractivity contribution in [1.82, 2.24) is 0 Å². The molecule has 3 heteroatoms. The molecule has 0 saturated heterocycles. The van der Waals surface area contributed by atoms with E-state index >= 15 is 0 Å². The Kier molecular flexibility index (Phi) is 5.26. The molecular formula is C13H16O3.